The van der Waals surface area contributed by atoms with Gasteiger partial charge in [-0.2, -0.15) is 0 Å². The van der Waals surface area contributed by atoms with E-state index in [1.54, 1.807) is 5.20 Å². The molecule has 0 heterocycles. The molecular weight excluding hydrogens is 274 g/mol. The molecule has 0 radical (unpaired) electrons. The van der Waals surface area contributed by atoms with Crippen molar-refractivity contribution in [1.29, 1.82) is 0 Å². The maximum absolute atomic E-state index is 4.36. The summed E-state index contributed by atoms with van der Waals surface area (Å²) < 4.78 is 0. The predicted molar refractivity (Wildman–Crippen MR) is 98.3 cm³/mol. The first-order valence-electron chi connectivity index (χ1n) is 8.96. The molecule has 0 bridgehead atoms. The Kier molecular flexibility index (Phi) is 7.23. The highest BCUT2D eigenvalue weighted by Gasteiger charge is 2.52. The van der Waals surface area contributed by atoms with E-state index in [4.69, 9.17) is 0 Å². The lowest BCUT2D eigenvalue weighted by Gasteiger charge is -2.49. The van der Waals surface area contributed by atoms with Gasteiger partial charge in [-0.1, -0.05) is 69.9 Å². The summed E-state index contributed by atoms with van der Waals surface area (Å²) in [6.45, 7) is 14.6. The molecule has 3 heteroatoms. The first-order chi connectivity index (χ1) is 9.55. The fourth-order valence-electron chi connectivity index (χ4n) is 4.76. The molecule has 1 rings (SSSR count). The quantitative estimate of drug-likeness (QED) is 0.577. The molecule has 1 saturated carbocycles. The van der Waals surface area contributed by atoms with Gasteiger partial charge in [0.1, 0.15) is 7.75 Å². The van der Waals surface area contributed by atoms with E-state index >= 15 is 0 Å². The molecule has 1 nitrogen and oxygen atoms in total. The largest absolute Gasteiger partial charge is 0.333 e. The van der Waals surface area contributed by atoms with E-state index in [9.17, 15) is 0 Å². The predicted octanol–water partition coefficient (Wildman–Crippen LogP) is 5.58. The van der Waals surface area contributed by atoms with E-state index < -0.39 is 15.3 Å². The Labute approximate surface area is 129 Å². The topological polar surface area (TPSA) is 12.0 Å². The van der Waals surface area contributed by atoms with Gasteiger partial charge in [-0.05, 0) is 32.7 Å². The smallest absolute Gasteiger partial charge is 0.142 e. The summed E-state index contributed by atoms with van der Waals surface area (Å²) >= 11 is 0. The van der Waals surface area contributed by atoms with Crippen LogP contribution in [0.3, 0.4) is 0 Å². The number of allylic oxidation sites excluding steroid dienone is 2. The van der Waals surface area contributed by atoms with E-state index in [1.165, 1.54) is 49.9 Å². The van der Waals surface area contributed by atoms with Gasteiger partial charge in [0.2, 0.25) is 0 Å². The standard InChI is InChI=1S/C17H37NSi2/c1-7-16(6)20(11-5,18-17-14-12-13-15-17)19(8-2,9-3)10-4/h7,17-18H,8-15H2,1-6H3/b16-7+. The van der Waals surface area contributed by atoms with Crippen molar-refractivity contribution < 1.29 is 0 Å². The summed E-state index contributed by atoms with van der Waals surface area (Å²) in [5.74, 6) is 0. The van der Waals surface area contributed by atoms with Crippen LogP contribution in [0.25, 0.3) is 0 Å². The van der Waals surface area contributed by atoms with Gasteiger partial charge in [-0.3, -0.25) is 0 Å². The third kappa shape index (κ3) is 3.15. The van der Waals surface area contributed by atoms with Crippen LogP contribution in [-0.2, 0) is 0 Å². The zero-order valence-corrected chi connectivity index (χ0v) is 16.8. The van der Waals surface area contributed by atoms with Gasteiger partial charge in [-0.15, -0.1) is 0 Å². The zero-order valence-electron chi connectivity index (χ0n) is 14.8. The first kappa shape index (κ1) is 18.2. The van der Waals surface area contributed by atoms with Gasteiger partial charge in [0.05, 0.1) is 7.59 Å². The van der Waals surface area contributed by atoms with Gasteiger partial charge < -0.3 is 4.98 Å². The van der Waals surface area contributed by atoms with E-state index in [0.717, 1.165) is 6.04 Å². The molecule has 1 unspecified atom stereocenters. The average molecular weight is 312 g/mol. The number of hydrogen-bond acceptors (Lipinski definition) is 1. The van der Waals surface area contributed by atoms with Crippen LogP contribution in [-0.4, -0.2) is 21.4 Å². The van der Waals surface area contributed by atoms with Crippen molar-refractivity contribution in [3.63, 3.8) is 0 Å². The normalized spacial score (nSPS) is 21.2. The van der Waals surface area contributed by atoms with Crippen molar-refractivity contribution in [2.45, 2.75) is 97.4 Å². The van der Waals surface area contributed by atoms with Crippen LogP contribution in [0.1, 0.15) is 67.2 Å². The molecule has 0 spiro atoms. The van der Waals surface area contributed by atoms with Crippen molar-refractivity contribution in [2.75, 3.05) is 0 Å². The molecule has 118 valence electrons. The highest BCUT2D eigenvalue weighted by molar-refractivity contribution is 7.44. The van der Waals surface area contributed by atoms with Crippen molar-refractivity contribution >= 4 is 15.3 Å². The number of nitrogens with one attached hydrogen (secondary N) is 1. The monoisotopic (exact) mass is 311 g/mol. The summed E-state index contributed by atoms with van der Waals surface area (Å²) in [6.07, 6.45) is 8.18. The molecule has 1 atom stereocenters. The maximum Gasteiger partial charge on any atom is 0.142 e. The molecule has 0 saturated heterocycles. The molecule has 1 N–H and O–H groups in total. The highest BCUT2D eigenvalue weighted by Crippen LogP contribution is 2.38. The molecule has 0 amide bonds. The Balaban J connectivity index is 3.22. The van der Waals surface area contributed by atoms with Gasteiger partial charge in [0.25, 0.3) is 0 Å². The minimum absolute atomic E-state index is 0.827. The SMILES string of the molecule is C/C=C(\C)[Si](CC)(NC1CCCC1)[Si](CC)(CC)CC. The summed E-state index contributed by atoms with van der Waals surface area (Å²) in [6, 6.07) is 6.62. The van der Waals surface area contributed by atoms with E-state index in [2.05, 4.69) is 52.6 Å². The molecule has 1 aliphatic rings. The van der Waals surface area contributed by atoms with Crippen LogP contribution >= 0.6 is 0 Å². The van der Waals surface area contributed by atoms with Crippen molar-refractivity contribution in [3.05, 3.63) is 11.3 Å². The van der Waals surface area contributed by atoms with Crippen LogP contribution in [0, 0.1) is 0 Å². The average Bonchev–Trinajstić information content (AvgIpc) is 3.00. The third-order valence-corrected chi connectivity index (χ3v) is 27.1. The van der Waals surface area contributed by atoms with E-state index in [-0.39, 0.29) is 0 Å². The molecule has 0 aromatic heterocycles. The Morgan fingerprint density at radius 2 is 1.50 bits per heavy atom. The second kappa shape index (κ2) is 7.95. The zero-order chi connectivity index (χ0) is 15.2. The number of rotatable bonds is 8. The van der Waals surface area contributed by atoms with Crippen LogP contribution in [0.5, 0.6) is 0 Å². The second-order valence-electron chi connectivity index (χ2n) is 6.70. The first-order valence-corrected chi connectivity index (χ1v) is 14.8. The van der Waals surface area contributed by atoms with Crippen molar-refractivity contribution in [2.24, 2.45) is 0 Å². The molecule has 20 heavy (non-hydrogen) atoms. The summed E-state index contributed by atoms with van der Waals surface area (Å²) in [4.78, 5) is 4.36. The molecule has 0 aliphatic heterocycles. The molecular formula is C17H37NSi2. The minimum atomic E-state index is -1.47. The number of hydrogen-bond donors (Lipinski definition) is 1. The lowest BCUT2D eigenvalue weighted by atomic mass is 10.3. The molecule has 1 fully saturated rings. The summed E-state index contributed by atoms with van der Waals surface area (Å²) in [7, 11) is -2.66. The fraction of sp³-hybridized carbons (Fsp3) is 0.882. The fourth-order valence-corrected chi connectivity index (χ4v) is 24.6. The summed E-state index contributed by atoms with van der Waals surface area (Å²) in [5, 5.41) is 1.75. The van der Waals surface area contributed by atoms with Gasteiger partial charge in [0.15, 0.2) is 0 Å². The third-order valence-electron chi connectivity index (χ3n) is 6.38. The van der Waals surface area contributed by atoms with E-state index in [0.29, 0.717) is 0 Å². The second-order valence-corrected chi connectivity index (χ2v) is 20.7. The van der Waals surface area contributed by atoms with Gasteiger partial charge >= 0.3 is 0 Å². The summed E-state index contributed by atoms with van der Waals surface area (Å²) in [5.41, 5.74) is 0. The van der Waals surface area contributed by atoms with Crippen molar-refractivity contribution in [1.82, 2.24) is 4.98 Å². The molecule has 0 aromatic carbocycles. The van der Waals surface area contributed by atoms with Gasteiger partial charge in [0, 0.05) is 6.04 Å². The Morgan fingerprint density at radius 1 is 1.00 bits per heavy atom. The van der Waals surface area contributed by atoms with Crippen LogP contribution in [0.4, 0.5) is 0 Å². The molecule has 1 aliphatic carbocycles. The van der Waals surface area contributed by atoms with Crippen LogP contribution < -0.4 is 4.98 Å². The van der Waals surface area contributed by atoms with Crippen molar-refractivity contribution in [3.8, 4) is 0 Å². The van der Waals surface area contributed by atoms with E-state index in [1.807, 2.05) is 0 Å². The Morgan fingerprint density at radius 3 is 1.85 bits per heavy atom. The maximum atomic E-state index is 4.36. The lowest BCUT2D eigenvalue weighted by molar-refractivity contribution is 0.632. The van der Waals surface area contributed by atoms with Gasteiger partial charge in [-0.25, -0.2) is 0 Å². The highest BCUT2D eigenvalue weighted by atomic mass is 29.3. The van der Waals surface area contributed by atoms with Crippen LogP contribution in [0.2, 0.25) is 24.2 Å². The Bertz CT molecular complexity index is 309. The molecule has 0 aromatic rings. The lowest BCUT2D eigenvalue weighted by Crippen LogP contribution is -2.73. The van der Waals surface area contributed by atoms with Crippen LogP contribution in [0.15, 0.2) is 11.3 Å². The minimum Gasteiger partial charge on any atom is -0.333 e. The Hall–Kier alpha value is 0.134.